The van der Waals surface area contributed by atoms with Crippen LogP contribution in [0.15, 0.2) is 24.3 Å². The first-order valence-corrected chi connectivity index (χ1v) is 8.60. The molecule has 2 fully saturated rings. The average molecular weight is 374 g/mol. The van der Waals surface area contributed by atoms with E-state index in [0.717, 1.165) is 32.5 Å². The van der Waals surface area contributed by atoms with Crippen LogP contribution in [0.3, 0.4) is 0 Å². The second-order valence-electron chi connectivity index (χ2n) is 6.51. The van der Waals surface area contributed by atoms with Gasteiger partial charge in [-0.25, -0.2) is 0 Å². The summed E-state index contributed by atoms with van der Waals surface area (Å²) in [6.07, 6.45) is 4.74. The molecule has 2 heterocycles. The van der Waals surface area contributed by atoms with E-state index in [9.17, 15) is 4.79 Å². The molecule has 2 aliphatic heterocycles. The topological polar surface area (TPSA) is 44.4 Å². The van der Waals surface area contributed by atoms with Gasteiger partial charge in [0.15, 0.2) is 0 Å². The van der Waals surface area contributed by atoms with Gasteiger partial charge in [0.1, 0.15) is 0 Å². The van der Waals surface area contributed by atoms with E-state index >= 15 is 0 Å². The maximum absolute atomic E-state index is 12.3. The summed E-state index contributed by atoms with van der Waals surface area (Å²) < 4.78 is 0. The Balaban J connectivity index is 0.00000144. The van der Waals surface area contributed by atoms with E-state index in [1.807, 2.05) is 0 Å². The zero-order valence-corrected chi connectivity index (χ0v) is 15.8. The molecule has 2 aliphatic rings. The van der Waals surface area contributed by atoms with Crippen molar-refractivity contribution in [2.75, 3.05) is 26.2 Å². The summed E-state index contributed by atoms with van der Waals surface area (Å²) in [5, 5.41) is 6.44. The first-order valence-electron chi connectivity index (χ1n) is 8.60. The molecule has 6 heteroatoms. The van der Waals surface area contributed by atoms with Gasteiger partial charge in [0.2, 0.25) is 5.91 Å². The van der Waals surface area contributed by atoms with Gasteiger partial charge >= 0.3 is 0 Å². The summed E-state index contributed by atoms with van der Waals surface area (Å²) in [4.78, 5) is 14.8. The number of amides is 1. The molecule has 0 radical (unpaired) electrons. The van der Waals surface area contributed by atoms with Gasteiger partial charge in [-0.3, -0.25) is 9.69 Å². The molecular formula is C18H29Cl2N3O. The van der Waals surface area contributed by atoms with Gasteiger partial charge in [-0.2, -0.15) is 0 Å². The molecule has 1 aromatic carbocycles. The number of hydrogen-bond acceptors (Lipinski definition) is 3. The normalized spacial score (nSPS) is 20.8. The van der Waals surface area contributed by atoms with Gasteiger partial charge in [-0.15, -0.1) is 24.8 Å². The maximum atomic E-state index is 12.3. The van der Waals surface area contributed by atoms with E-state index in [1.54, 1.807) is 0 Å². The number of piperidine rings is 1. The Morgan fingerprint density at radius 3 is 2.50 bits per heavy atom. The van der Waals surface area contributed by atoms with E-state index < -0.39 is 0 Å². The van der Waals surface area contributed by atoms with Crippen molar-refractivity contribution in [2.24, 2.45) is 5.92 Å². The maximum Gasteiger partial charge on any atom is 0.224 e. The Bertz CT molecular complexity index is 501. The zero-order valence-electron chi connectivity index (χ0n) is 14.1. The van der Waals surface area contributed by atoms with Crippen LogP contribution in [0.5, 0.6) is 0 Å². The molecule has 0 aliphatic carbocycles. The Morgan fingerprint density at radius 1 is 1.12 bits per heavy atom. The fourth-order valence-corrected chi connectivity index (χ4v) is 3.47. The highest BCUT2D eigenvalue weighted by Gasteiger charge is 2.20. The number of likely N-dealkylation sites (tertiary alicyclic amines) is 1. The van der Waals surface area contributed by atoms with Crippen LogP contribution in [0.2, 0.25) is 0 Å². The van der Waals surface area contributed by atoms with E-state index in [1.165, 1.54) is 37.1 Å². The van der Waals surface area contributed by atoms with Gasteiger partial charge in [0.25, 0.3) is 0 Å². The number of nitrogens with one attached hydrogen (secondary N) is 2. The Kier molecular flexibility index (Phi) is 9.67. The summed E-state index contributed by atoms with van der Waals surface area (Å²) >= 11 is 0. The summed E-state index contributed by atoms with van der Waals surface area (Å²) in [6.45, 7) is 5.93. The molecule has 2 N–H and O–H groups in total. The van der Waals surface area contributed by atoms with E-state index in [4.69, 9.17) is 0 Å². The summed E-state index contributed by atoms with van der Waals surface area (Å²) in [5.41, 5.74) is 2.61. The lowest BCUT2D eigenvalue weighted by molar-refractivity contribution is -0.125. The largest absolute Gasteiger partial charge is 0.352 e. The third kappa shape index (κ3) is 5.92. The Labute approximate surface area is 157 Å². The lowest BCUT2D eigenvalue weighted by Crippen LogP contribution is -2.40. The highest BCUT2D eigenvalue weighted by Crippen LogP contribution is 2.16. The third-order valence-corrected chi connectivity index (χ3v) is 4.83. The number of benzene rings is 1. The summed E-state index contributed by atoms with van der Waals surface area (Å²) in [7, 11) is 0. The molecule has 24 heavy (non-hydrogen) atoms. The minimum Gasteiger partial charge on any atom is -0.352 e. The van der Waals surface area contributed by atoms with E-state index in [0.29, 0.717) is 6.54 Å². The lowest BCUT2D eigenvalue weighted by Gasteiger charge is -2.22. The molecule has 136 valence electrons. The van der Waals surface area contributed by atoms with Gasteiger partial charge in [-0.05, 0) is 56.4 Å². The van der Waals surface area contributed by atoms with E-state index in [2.05, 4.69) is 39.8 Å². The Morgan fingerprint density at radius 2 is 1.83 bits per heavy atom. The highest BCUT2D eigenvalue weighted by molar-refractivity contribution is 5.85. The van der Waals surface area contributed by atoms with Crippen molar-refractivity contribution in [3.63, 3.8) is 0 Å². The fourth-order valence-electron chi connectivity index (χ4n) is 3.47. The van der Waals surface area contributed by atoms with Crippen LogP contribution in [0.1, 0.15) is 36.8 Å². The first kappa shape index (κ1) is 21.2. The fraction of sp³-hybridized carbons (Fsp3) is 0.611. The second kappa shape index (κ2) is 10.9. The third-order valence-electron chi connectivity index (χ3n) is 4.83. The first-order chi connectivity index (χ1) is 10.8. The molecule has 0 bridgehead atoms. The monoisotopic (exact) mass is 373 g/mol. The van der Waals surface area contributed by atoms with Crippen LogP contribution in [0.25, 0.3) is 0 Å². The molecule has 3 rings (SSSR count). The molecule has 1 unspecified atom stereocenters. The van der Waals surface area contributed by atoms with Gasteiger partial charge < -0.3 is 10.6 Å². The molecular weight excluding hydrogens is 345 g/mol. The molecule has 2 saturated heterocycles. The number of carbonyl (C=O) groups is 1. The van der Waals surface area contributed by atoms with Crippen molar-refractivity contribution in [1.82, 2.24) is 15.5 Å². The number of halogens is 2. The van der Waals surface area contributed by atoms with Gasteiger partial charge in [0, 0.05) is 19.6 Å². The minimum absolute atomic E-state index is 0. The van der Waals surface area contributed by atoms with Gasteiger partial charge in [0.05, 0.1) is 5.92 Å². The van der Waals surface area contributed by atoms with Crippen LogP contribution in [0.4, 0.5) is 0 Å². The molecule has 4 nitrogen and oxygen atoms in total. The number of hydrogen-bond donors (Lipinski definition) is 2. The van der Waals surface area contributed by atoms with Crippen molar-refractivity contribution in [3.8, 4) is 0 Å². The quantitative estimate of drug-likeness (QED) is 0.833. The van der Waals surface area contributed by atoms with Crippen LogP contribution in [-0.2, 0) is 17.9 Å². The van der Waals surface area contributed by atoms with Crippen LogP contribution >= 0.6 is 24.8 Å². The molecule has 0 saturated carbocycles. The standard InChI is InChI=1S/C18H27N3O.2ClH/c22-18(16-8-5-9-19-12-16)20-13-15-6-1-2-7-17(15)14-21-10-3-4-11-21;;/h1-2,6-7,16,19H,3-5,8-14H2,(H,20,22);2*1H. The molecule has 0 spiro atoms. The summed E-state index contributed by atoms with van der Waals surface area (Å²) in [6, 6.07) is 8.51. The Hall–Kier alpha value is -0.810. The second-order valence-corrected chi connectivity index (χ2v) is 6.51. The van der Waals surface area contributed by atoms with Crippen LogP contribution < -0.4 is 10.6 Å². The minimum atomic E-state index is 0. The van der Waals surface area contributed by atoms with Crippen molar-refractivity contribution in [1.29, 1.82) is 0 Å². The van der Waals surface area contributed by atoms with E-state index in [-0.39, 0.29) is 36.6 Å². The van der Waals surface area contributed by atoms with Crippen molar-refractivity contribution >= 4 is 30.7 Å². The zero-order chi connectivity index (χ0) is 15.2. The average Bonchev–Trinajstić information content (AvgIpc) is 3.07. The predicted molar refractivity (Wildman–Crippen MR) is 103 cm³/mol. The lowest BCUT2D eigenvalue weighted by atomic mass is 9.98. The smallest absolute Gasteiger partial charge is 0.224 e. The molecule has 1 amide bonds. The predicted octanol–water partition coefficient (Wildman–Crippen LogP) is 2.74. The van der Waals surface area contributed by atoms with Gasteiger partial charge in [-0.1, -0.05) is 24.3 Å². The highest BCUT2D eigenvalue weighted by atomic mass is 35.5. The van der Waals surface area contributed by atoms with Crippen molar-refractivity contribution in [2.45, 2.75) is 38.8 Å². The molecule has 1 aromatic rings. The van der Waals surface area contributed by atoms with Crippen molar-refractivity contribution in [3.05, 3.63) is 35.4 Å². The summed E-state index contributed by atoms with van der Waals surface area (Å²) in [5.74, 6) is 0.336. The SMILES string of the molecule is Cl.Cl.O=C(NCc1ccccc1CN1CCCC1)C1CCCNC1. The van der Waals surface area contributed by atoms with Crippen LogP contribution in [0, 0.1) is 5.92 Å². The number of rotatable bonds is 5. The molecule has 1 atom stereocenters. The molecule has 0 aromatic heterocycles. The van der Waals surface area contributed by atoms with Crippen LogP contribution in [-0.4, -0.2) is 37.0 Å². The van der Waals surface area contributed by atoms with Crippen molar-refractivity contribution < 1.29 is 4.79 Å². The number of carbonyl (C=O) groups excluding carboxylic acids is 1. The number of nitrogens with zero attached hydrogens (tertiary/aromatic N) is 1.